The summed E-state index contributed by atoms with van der Waals surface area (Å²) in [5, 5.41) is 0. The lowest BCUT2D eigenvalue weighted by Crippen LogP contribution is -2.25. The summed E-state index contributed by atoms with van der Waals surface area (Å²) in [5.74, 6) is 0. The van der Waals surface area contributed by atoms with Crippen LogP contribution in [0.5, 0.6) is 0 Å². The van der Waals surface area contributed by atoms with Crippen LogP contribution < -0.4 is 0 Å². The van der Waals surface area contributed by atoms with Crippen LogP contribution in [0.1, 0.15) is 58.3 Å². The zero-order valence-corrected chi connectivity index (χ0v) is 10.2. The van der Waals surface area contributed by atoms with E-state index in [1.165, 1.54) is 44.9 Å². The molecule has 0 heterocycles. The standard InChI is InChI=1S/C14H25N/c1-3-5-12-15-13-14(9-4-2)10-7-6-8-11-14/h4,13H,2-3,5-12H2,1H3. The second-order valence-electron chi connectivity index (χ2n) is 4.80. The third kappa shape index (κ3) is 4.19. The highest BCUT2D eigenvalue weighted by atomic mass is 14.7. The molecular weight excluding hydrogens is 182 g/mol. The Morgan fingerprint density at radius 3 is 2.60 bits per heavy atom. The molecule has 0 spiro atoms. The van der Waals surface area contributed by atoms with E-state index in [0.717, 1.165) is 13.0 Å². The highest BCUT2D eigenvalue weighted by Crippen LogP contribution is 2.37. The van der Waals surface area contributed by atoms with Gasteiger partial charge in [-0.05, 0) is 25.7 Å². The van der Waals surface area contributed by atoms with Gasteiger partial charge in [-0.3, -0.25) is 4.99 Å². The van der Waals surface area contributed by atoms with E-state index in [9.17, 15) is 0 Å². The molecule has 1 aliphatic rings. The van der Waals surface area contributed by atoms with Gasteiger partial charge in [0.05, 0.1) is 0 Å². The first-order valence-corrected chi connectivity index (χ1v) is 6.45. The van der Waals surface area contributed by atoms with Crippen molar-refractivity contribution in [1.29, 1.82) is 0 Å². The van der Waals surface area contributed by atoms with E-state index >= 15 is 0 Å². The first-order chi connectivity index (χ1) is 7.33. The zero-order valence-electron chi connectivity index (χ0n) is 10.2. The molecule has 86 valence electrons. The van der Waals surface area contributed by atoms with Crippen LogP contribution in [0.15, 0.2) is 17.6 Å². The molecule has 1 rings (SSSR count). The summed E-state index contributed by atoms with van der Waals surface area (Å²) in [6.07, 6.45) is 14.7. The van der Waals surface area contributed by atoms with Gasteiger partial charge >= 0.3 is 0 Å². The van der Waals surface area contributed by atoms with Crippen LogP contribution in [-0.2, 0) is 0 Å². The molecule has 1 fully saturated rings. The van der Waals surface area contributed by atoms with Crippen LogP contribution in [0.25, 0.3) is 0 Å². The van der Waals surface area contributed by atoms with Gasteiger partial charge in [0.1, 0.15) is 0 Å². The van der Waals surface area contributed by atoms with E-state index in [0.29, 0.717) is 5.41 Å². The molecule has 1 aliphatic carbocycles. The first-order valence-electron chi connectivity index (χ1n) is 6.45. The fraction of sp³-hybridized carbons (Fsp3) is 0.786. The molecule has 1 nitrogen and oxygen atoms in total. The highest BCUT2D eigenvalue weighted by molar-refractivity contribution is 5.66. The van der Waals surface area contributed by atoms with Crippen molar-refractivity contribution in [2.75, 3.05) is 6.54 Å². The average molecular weight is 207 g/mol. The van der Waals surface area contributed by atoms with Gasteiger partial charge in [-0.25, -0.2) is 0 Å². The number of rotatable bonds is 6. The molecule has 0 aromatic carbocycles. The van der Waals surface area contributed by atoms with E-state index in [1.54, 1.807) is 0 Å². The molecule has 0 unspecified atom stereocenters. The predicted octanol–water partition coefficient (Wildman–Crippen LogP) is 4.38. The van der Waals surface area contributed by atoms with Gasteiger partial charge in [0.25, 0.3) is 0 Å². The number of hydrogen-bond donors (Lipinski definition) is 0. The highest BCUT2D eigenvalue weighted by Gasteiger charge is 2.28. The van der Waals surface area contributed by atoms with Crippen molar-refractivity contribution in [3.05, 3.63) is 12.7 Å². The molecule has 0 aromatic heterocycles. The smallest absolute Gasteiger partial charge is 0.0385 e. The average Bonchev–Trinajstić information content (AvgIpc) is 2.26. The fourth-order valence-corrected chi connectivity index (χ4v) is 2.44. The predicted molar refractivity (Wildman–Crippen MR) is 68.6 cm³/mol. The molecule has 0 atom stereocenters. The van der Waals surface area contributed by atoms with Crippen molar-refractivity contribution in [3.63, 3.8) is 0 Å². The molecule has 0 bridgehead atoms. The quantitative estimate of drug-likeness (QED) is 0.348. The Hall–Kier alpha value is -0.590. The summed E-state index contributed by atoms with van der Waals surface area (Å²) >= 11 is 0. The fourth-order valence-electron chi connectivity index (χ4n) is 2.44. The summed E-state index contributed by atoms with van der Waals surface area (Å²) in [6, 6.07) is 0. The lowest BCUT2D eigenvalue weighted by molar-refractivity contribution is 0.293. The summed E-state index contributed by atoms with van der Waals surface area (Å²) in [7, 11) is 0. The molecule has 0 aliphatic heterocycles. The lowest BCUT2D eigenvalue weighted by atomic mass is 9.73. The monoisotopic (exact) mass is 207 g/mol. The first kappa shape index (κ1) is 12.5. The molecule has 0 saturated heterocycles. The van der Waals surface area contributed by atoms with E-state index < -0.39 is 0 Å². The van der Waals surface area contributed by atoms with E-state index in [-0.39, 0.29) is 0 Å². The molecule has 0 aromatic rings. The van der Waals surface area contributed by atoms with Crippen LogP contribution in [0.2, 0.25) is 0 Å². The maximum atomic E-state index is 4.60. The topological polar surface area (TPSA) is 12.4 Å². The number of aliphatic imine (C=N–C) groups is 1. The third-order valence-corrected chi connectivity index (χ3v) is 3.41. The number of hydrogen-bond acceptors (Lipinski definition) is 1. The normalized spacial score (nSPS) is 20.6. The Balaban J connectivity index is 2.47. The third-order valence-electron chi connectivity index (χ3n) is 3.41. The van der Waals surface area contributed by atoms with Crippen molar-refractivity contribution < 1.29 is 0 Å². The van der Waals surface area contributed by atoms with Crippen molar-refractivity contribution in [1.82, 2.24) is 0 Å². The van der Waals surface area contributed by atoms with Gasteiger partial charge in [0.15, 0.2) is 0 Å². The van der Waals surface area contributed by atoms with E-state index in [2.05, 4.69) is 30.8 Å². The Bertz CT molecular complexity index is 199. The van der Waals surface area contributed by atoms with Crippen LogP contribution in [0.4, 0.5) is 0 Å². The maximum absolute atomic E-state index is 4.60. The SMILES string of the molecule is C=CCC1(C=NCCCC)CCCCC1. The van der Waals surface area contributed by atoms with Crippen molar-refractivity contribution in [2.24, 2.45) is 10.4 Å². The van der Waals surface area contributed by atoms with Gasteiger partial charge in [0, 0.05) is 18.2 Å². The number of unbranched alkanes of at least 4 members (excludes halogenated alkanes) is 1. The minimum Gasteiger partial charge on any atom is -0.297 e. The maximum Gasteiger partial charge on any atom is 0.0385 e. The molecule has 1 saturated carbocycles. The number of nitrogens with zero attached hydrogens (tertiary/aromatic N) is 1. The van der Waals surface area contributed by atoms with Gasteiger partial charge in [-0.15, -0.1) is 6.58 Å². The van der Waals surface area contributed by atoms with Gasteiger partial charge in [-0.2, -0.15) is 0 Å². The Kier molecular flexibility index (Phi) is 5.67. The molecule has 15 heavy (non-hydrogen) atoms. The van der Waals surface area contributed by atoms with Crippen LogP contribution in [0.3, 0.4) is 0 Å². The van der Waals surface area contributed by atoms with Crippen LogP contribution in [0, 0.1) is 5.41 Å². The molecular formula is C14H25N. The summed E-state index contributed by atoms with van der Waals surface area (Å²) in [6.45, 7) is 7.11. The molecule has 0 N–H and O–H groups in total. The van der Waals surface area contributed by atoms with Crippen LogP contribution >= 0.6 is 0 Å². The number of allylic oxidation sites excluding steroid dienone is 1. The van der Waals surface area contributed by atoms with Crippen molar-refractivity contribution >= 4 is 6.21 Å². The minimum atomic E-state index is 0.369. The largest absolute Gasteiger partial charge is 0.297 e. The lowest BCUT2D eigenvalue weighted by Gasteiger charge is -2.32. The van der Waals surface area contributed by atoms with Crippen LogP contribution in [-0.4, -0.2) is 12.8 Å². The van der Waals surface area contributed by atoms with Gasteiger partial charge in [-0.1, -0.05) is 38.7 Å². The summed E-state index contributed by atoms with van der Waals surface area (Å²) < 4.78 is 0. The Labute approximate surface area is 94.7 Å². The zero-order chi connectivity index (χ0) is 11.0. The Morgan fingerprint density at radius 2 is 2.00 bits per heavy atom. The summed E-state index contributed by atoms with van der Waals surface area (Å²) in [4.78, 5) is 4.60. The van der Waals surface area contributed by atoms with E-state index in [1.807, 2.05) is 0 Å². The van der Waals surface area contributed by atoms with E-state index in [4.69, 9.17) is 0 Å². The second-order valence-corrected chi connectivity index (χ2v) is 4.80. The van der Waals surface area contributed by atoms with Crippen molar-refractivity contribution in [2.45, 2.75) is 58.3 Å². The van der Waals surface area contributed by atoms with Gasteiger partial charge in [0.2, 0.25) is 0 Å². The summed E-state index contributed by atoms with van der Waals surface area (Å²) in [5.41, 5.74) is 0.369. The van der Waals surface area contributed by atoms with Gasteiger partial charge < -0.3 is 0 Å². The second kappa shape index (κ2) is 6.81. The Morgan fingerprint density at radius 1 is 1.27 bits per heavy atom. The molecule has 0 radical (unpaired) electrons. The molecule has 0 amide bonds. The van der Waals surface area contributed by atoms with Crippen molar-refractivity contribution in [3.8, 4) is 0 Å². The molecule has 1 heteroatoms. The minimum absolute atomic E-state index is 0.369.